The minimum absolute atomic E-state index is 0.0237. The van der Waals surface area contributed by atoms with Crippen molar-refractivity contribution in [2.45, 2.75) is 25.7 Å². The first-order valence-electron chi connectivity index (χ1n) is 5.04. The first kappa shape index (κ1) is 11.3. The summed E-state index contributed by atoms with van der Waals surface area (Å²) in [6.07, 6.45) is 0.594. The number of aliphatic carboxylic acids is 1. The molecule has 0 saturated heterocycles. The maximum absolute atomic E-state index is 11.4. The SMILES string of the molecule is CC1(C)CC1(C(=O)O)c1ccc(O)c(Cl)c1. The van der Waals surface area contributed by atoms with Crippen LogP contribution in [-0.2, 0) is 10.2 Å². The maximum atomic E-state index is 11.4. The Balaban J connectivity index is 2.51. The summed E-state index contributed by atoms with van der Waals surface area (Å²) in [5.41, 5.74) is -0.462. The van der Waals surface area contributed by atoms with Crippen molar-refractivity contribution in [2.75, 3.05) is 0 Å². The Kier molecular flexibility index (Phi) is 2.21. The normalized spacial score (nSPS) is 26.4. The molecular weight excluding hydrogens is 228 g/mol. The number of hydrogen-bond donors (Lipinski definition) is 2. The second-order valence-electron chi connectivity index (χ2n) is 4.94. The van der Waals surface area contributed by atoms with Crippen molar-refractivity contribution in [3.8, 4) is 5.75 Å². The molecule has 4 heteroatoms. The summed E-state index contributed by atoms with van der Waals surface area (Å²) < 4.78 is 0. The van der Waals surface area contributed by atoms with E-state index in [1.807, 2.05) is 13.8 Å². The van der Waals surface area contributed by atoms with Crippen LogP contribution >= 0.6 is 11.6 Å². The van der Waals surface area contributed by atoms with Gasteiger partial charge in [-0.05, 0) is 29.5 Å². The molecular formula is C12H13ClO3. The molecule has 0 spiro atoms. The van der Waals surface area contributed by atoms with Crippen molar-refractivity contribution in [1.82, 2.24) is 0 Å². The van der Waals surface area contributed by atoms with Crippen LogP contribution in [0.1, 0.15) is 25.8 Å². The Hall–Kier alpha value is -1.22. The topological polar surface area (TPSA) is 57.5 Å². The summed E-state index contributed by atoms with van der Waals surface area (Å²) in [4.78, 5) is 11.4. The van der Waals surface area contributed by atoms with E-state index in [-0.39, 0.29) is 16.2 Å². The third-order valence-electron chi connectivity index (χ3n) is 3.54. The zero-order chi connectivity index (χ0) is 12.1. The fourth-order valence-corrected chi connectivity index (χ4v) is 2.55. The highest BCUT2D eigenvalue weighted by Gasteiger charge is 2.67. The van der Waals surface area contributed by atoms with Crippen molar-refractivity contribution in [3.63, 3.8) is 0 Å². The van der Waals surface area contributed by atoms with E-state index in [1.165, 1.54) is 6.07 Å². The lowest BCUT2D eigenvalue weighted by atomic mass is 9.88. The van der Waals surface area contributed by atoms with Gasteiger partial charge in [0.25, 0.3) is 0 Å². The van der Waals surface area contributed by atoms with Crippen LogP contribution in [-0.4, -0.2) is 16.2 Å². The molecule has 0 amide bonds. The first-order valence-corrected chi connectivity index (χ1v) is 5.41. The average Bonchev–Trinajstić information content (AvgIpc) is 2.75. The number of phenolic OH excluding ortho intramolecular Hbond substituents is 1. The van der Waals surface area contributed by atoms with Crippen LogP contribution in [0.15, 0.2) is 18.2 Å². The molecule has 1 fully saturated rings. The predicted octanol–water partition coefficient (Wildman–Crippen LogP) is 2.80. The molecule has 0 bridgehead atoms. The van der Waals surface area contributed by atoms with Crippen LogP contribution in [0, 0.1) is 5.41 Å². The quantitative estimate of drug-likeness (QED) is 0.836. The summed E-state index contributed by atoms with van der Waals surface area (Å²) in [6, 6.07) is 4.61. The van der Waals surface area contributed by atoms with E-state index in [0.717, 1.165) is 0 Å². The molecule has 1 unspecified atom stereocenters. The summed E-state index contributed by atoms with van der Waals surface area (Å²) in [5.74, 6) is -0.858. The van der Waals surface area contributed by atoms with Crippen molar-refractivity contribution < 1.29 is 15.0 Å². The van der Waals surface area contributed by atoms with E-state index < -0.39 is 11.4 Å². The molecule has 0 heterocycles. The molecule has 0 radical (unpaired) electrons. The van der Waals surface area contributed by atoms with E-state index in [9.17, 15) is 15.0 Å². The number of carboxylic acid groups (broad SMARTS) is 1. The Morgan fingerprint density at radius 1 is 1.44 bits per heavy atom. The molecule has 3 nitrogen and oxygen atoms in total. The Morgan fingerprint density at radius 2 is 2.00 bits per heavy atom. The third kappa shape index (κ3) is 1.31. The van der Waals surface area contributed by atoms with E-state index in [0.29, 0.717) is 12.0 Å². The molecule has 2 rings (SSSR count). The second-order valence-corrected chi connectivity index (χ2v) is 5.34. The first-order chi connectivity index (χ1) is 7.31. The number of carboxylic acids is 1. The highest BCUT2D eigenvalue weighted by Crippen LogP contribution is 2.64. The predicted molar refractivity (Wildman–Crippen MR) is 60.8 cm³/mol. The van der Waals surface area contributed by atoms with Gasteiger partial charge in [-0.1, -0.05) is 31.5 Å². The standard InChI is InChI=1S/C12H13ClO3/c1-11(2)6-12(11,10(15)16)7-3-4-9(14)8(13)5-7/h3-5,14H,6H2,1-2H3,(H,15,16). The van der Waals surface area contributed by atoms with Gasteiger partial charge in [0.05, 0.1) is 10.4 Å². The van der Waals surface area contributed by atoms with Gasteiger partial charge < -0.3 is 10.2 Å². The Bertz CT molecular complexity index is 467. The Morgan fingerprint density at radius 3 is 2.38 bits per heavy atom. The minimum atomic E-state index is -0.857. The number of rotatable bonds is 2. The van der Waals surface area contributed by atoms with E-state index >= 15 is 0 Å². The van der Waals surface area contributed by atoms with Gasteiger partial charge in [-0.15, -0.1) is 0 Å². The fourth-order valence-electron chi connectivity index (χ4n) is 2.37. The van der Waals surface area contributed by atoms with Crippen molar-refractivity contribution >= 4 is 17.6 Å². The molecule has 1 atom stereocenters. The minimum Gasteiger partial charge on any atom is -0.506 e. The van der Waals surface area contributed by atoms with Crippen molar-refractivity contribution in [3.05, 3.63) is 28.8 Å². The lowest BCUT2D eigenvalue weighted by Gasteiger charge is -2.16. The summed E-state index contributed by atoms with van der Waals surface area (Å²) in [5, 5.41) is 18.9. The monoisotopic (exact) mass is 240 g/mol. The van der Waals surface area contributed by atoms with Gasteiger partial charge in [0.2, 0.25) is 0 Å². The zero-order valence-electron chi connectivity index (χ0n) is 9.12. The average molecular weight is 241 g/mol. The molecule has 2 N–H and O–H groups in total. The zero-order valence-corrected chi connectivity index (χ0v) is 9.88. The van der Waals surface area contributed by atoms with Crippen LogP contribution in [0.2, 0.25) is 5.02 Å². The van der Waals surface area contributed by atoms with Gasteiger partial charge in [-0.25, -0.2) is 0 Å². The molecule has 86 valence electrons. The van der Waals surface area contributed by atoms with Crippen LogP contribution < -0.4 is 0 Å². The van der Waals surface area contributed by atoms with Crippen LogP contribution in [0.3, 0.4) is 0 Å². The highest BCUT2D eigenvalue weighted by atomic mass is 35.5. The molecule has 1 aliphatic rings. The van der Waals surface area contributed by atoms with Crippen LogP contribution in [0.4, 0.5) is 0 Å². The molecule has 1 aromatic rings. The summed E-state index contributed by atoms with van der Waals surface area (Å²) in [7, 11) is 0. The third-order valence-corrected chi connectivity index (χ3v) is 3.85. The maximum Gasteiger partial charge on any atom is 0.314 e. The lowest BCUT2D eigenvalue weighted by molar-refractivity contribution is -0.141. The molecule has 1 aromatic carbocycles. The molecule has 16 heavy (non-hydrogen) atoms. The van der Waals surface area contributed by atoms with Crippen molar-refractivity contribution in [1.29, 1.82) is 0 Å². The largest absolute Gasteiger partial charge is 0.506 e. The lowest BCUT2D eigenvalue weighted by Crippen LogP contribution is -2.25. The van der Waals surface area contributed by atoms with Gasteiger partial charge >= 0.3 is 5.97 Å². The number of benzene rings is 1. The Labute approximate surface area is 98.7 Å². The molecule has 0 aromatic heterocycles. The number of phenols is 1. The van der Waals surface area contributed by atoms with Gasteiger partial charge in [-0.2, -0.15) is 0 Å². The smallest absolute Gasteiger partial charge is 0.314 e. The van der Waals surface area contributed by atoms with Crippen LogP contribution in [0.5, 0.6) is 5.75 Å². The van der Waals surface area contributed by atoms with E-state index in [1.54, 1.807) is 12.1 Å². The van der Waals surface area contributed by atoms with E-state index in [2.05, 4.69) is 0 Å². The molecule has 1 saturated carbocycles. The number of carbonyl (C=O) groups is 1. The number of hydrogen-bond acceptors (Lipinski definition) is 2. The van der Waals surface area contributed by atoms with E-state index in [4.69, 9.17) is 11.6 Å². The summed E-state index contributed by atoms with van der Waals surface area (Å²) >= 11 is 5.80. The summed E-state index contributed by atoms with van der Waals surface area (Å²) in [6.45, 7) is 3.84. The fraction of sp³-hybridized carbons (Fsp3) is 0.417. The van der Waals surface area contributed by atoms with Gasteiger partial charge in [0, 0.05) is 0 Å². The van der Waals surface area contributed by atoms with Gasteiger partial charge in [0.1, 0.15) is 5.75 Å². The number of aromatic hydroxyl groups is 1. The molecule has 0 aliphatic heterocycles. The highest BCUT2D eigenvalue weighted by molar-refractivity contribution is 6.32. The number of halogens is 1. The van der Waals surface area contributed by atoms with Crippen LogP contribution in [0.25, 0.3) is 0 Å². The van der Waals surface area contributed by atoms with Crippen molar-refractivity contribution in [2.24, 2.45) is 5.41 Å². The second kappa shape index (κ2) is 3.14. The molecule has 1 aliphatic carbocycles. The van der Waals surface area contributed by atoms with Gasteiger partial charge in [0.15, 0.2) is 0 Å². The van der Waals surface area contributed by atoms with Gasteiger partial charge in [-0.3, -0.25) is 4.79 Å².